The van der Waals surface area contributed by atoms with Crippen molar-refractivity contribution >= 4 is 11.7 Å². The zero-order valence-corrected chi connectivity index (χ0v) is 16.3. The fourth-order valence-corrected chi connectivity index (χ4v) is 4.14. The molecule has 28 heavy (non-hydrogen) atoms. The van der Waals surface area contributed by atoms with Gasteiger partial charge in [-0.1, -0.05) is 19.1 Å². The smallest absolute Gasteiger partial charge is 0.315 e. The van der Waals surface area contributed by atoms with Crippen molar-refractivity contribution in [1.29, 1.82) is 0 Å². The average molecular weight is 378 g/mol. The minimum Gasteiger partial charge on any atom is -0.490 e. The van der Waals surface area contributed by atoms with E-state index < -0.39 is 0 Å². The van der Waals surface area contributed by atoms with Crippen LogP contribution in [0, 0.1) is 6.92 Å². The first kappa shape index (κ1) is 18.3. The molecule has 0 radical (unpaired) electrons. The third-order valence-corrected chi connectivity index (χ3v) is 5.71. The van der Waals surface area contributed by atoms with Crippen molar-refractivity contribution in [1.82, 2.24) is 14.3 Å². The summed E-state index contributed by atoms with van der Waals surface area (Å²) in [5.41, 5.74) is 9.92. The molecule has 6 heteroatoms. The van der Waals surface area contributed by atoms with Gasteiger partial charge in [-0.3, -0.25) is 0 Å². The van der Waals surface area contributed by atoms with Crippen molar-refractivity contribution in [3.63, 3.8) is 0 Å². The number of pyridine rings is 1. The summed E-state index contributed by atoms with van der Waals surface area (Å²) in [6, 6.07) is 12.2. The SMILES string of the molecule is CCC1CC(Oc2ccc(-c3ccc4nccn4c3C)cc2)CCN1C(N)=O. The number of carbonyl (C=O) groups excluding carboxylic acids is 1. The highest BCUT2D eigenvalue weighted by atomic mass is 16.5. The first-order valence-corrected chi connectivity index (χ1v) is 9.82. The van der Waals surface area contributed by atoms with Crippen LogP contribution >= 0.6 is 0 Å². The number of hydrogen-bond acceptors (Lipinski definition) is 3. The van der Waals surface area contributed by atoms with Crippen LogP contribution in [0.25, 0.3) is 16.8 Å². The Morgan fingerprint density at radius 3 is 2.75 bits per heavy atom. The van der Waals surface area contributed by atoms with E-state index in [1.165, 1.54) is 5.56 Å². The van der Waals surface area contributed by atoms with Gasteiger partial charge in [0, 0.05) is 49.1 Å². The molecular weight excluding hydrogens is 352 g/mol. The lowest BCUT2D eigenvalue weighted by Gasteiger charge is -2.38. The van der Waals surface area contributed by atoms with Crippen LogP contribution in [0.1, 0.15) is 31.9 Å². The molecular formula is C22H26N4O2. The molecule has 2 amide bonds. The second kappa shape index (κ2) is 7.54. The van der Waals surface area contributed by atoms with Crippen molar-refractivity contribution in [3.05, 3.63) is 54.5 Å². The van der Waals surface area contributed by atoms with Gasteiger partial charge < -0.3 is 19.8 Å². The van der Waals surface area contributed by atoms with Gasteiger partial charge in [0.05, 0.1) is 0 Å². The third-order valence-electron chi connectivity index (χ3n) is 5.71. The minimum atomic E-state index is -0.333. The van der Waals surface area contributed by atoms with E-state index in [1.54, 1.807) is 4.90 Å². The molecule has 3 aromatic rings. The highest BCUT2D eigenvalue weighted by molar-refractivity contribution is 5.72. The zero-order valence-electron chi connectivity index (χ0n) is 16.3. The van der Waals surface area contributed by atoms with E-state index in [1.807, 2.05) is 30.6 Å². The molecule has 0 aliphatic carbocycles. The van der Waals surface area contributed by atoms with E-state index in [0.717, 1.165) is 41.9 Å². The number of benzene rings is 1. The number of hydrogen-bond donors (Lipinski definition) is 1. The molecule has 1 aliphatic heterocycles. The zero-order chi connectivity index (χ0) is 19.7. The van der Waals surface area contributed by atoms with Crippen LogP contribution in [0.2, 0.25) is 0 Å². The molecule has 3 heterocycles. The second-order valence-corrected chi connectivity index (χ2v) is 7.37. The number of fused-ring (bicyclic) bond motifs is 1. The number of nitrogens with two attached hydrogens (primary N) is 1. The van der Waals surface area contributed by atoms with Crippen LogP contribution in [-0.4, -0.2) is 39.0 Å². The van der Waals surface area contributed by atoms with Crippen LogP contribution in [0.3, 0.4) is 0 Å². The quantitative estimate of drug-likeness (QED) is 0.745. The molecule has 2 unspecified atom stereocenters. The van der Waals surface area contributed by atoms with Crippen LogP contribution in [-0.2, 0) is 0 Å². The number of urea groups is 1. The van der Waals surface area contributed by atoms with Gasteiger partial charge in [-0.2, -0.15) is 0 Å². The van der Waals surface area contributed by atoms with Crippen molar-refractivity contribution < 1.29 is 9.53 Å². The number of carbonyl (C=O) groups is 1. The fraction of sp³-hybridized carbons (Fsp3) is 0.364. The number of likely N-dealkylation sites (tertiary alicyclic amines) is 1. The molecule has 2 atom stereocenters. The summed E-state index contributed by atoms with van der Waals surface area (Å²) >= 11 is 0. The topological polar surface area (TPSA) is 72.9 Å². The standard InChI is InChI=1S/C22H26N4O2/c1-3-17-14-19(10-12-26(17)22(23)27)28-18-6-4-16(5-7-18)20-8-9-21-24-11-13-25(21)15(20)2/h4-9,11,13,17,19H,3,10,12,14H2,1-2H3,(H2,23,27). The summed E-state index contributed by atoms with van der Waals surface area (Å²) in [4.78, 5) is 17.6. The number of aromatic nitrogens is 2. The first-order valence-electron chi connectivity index (χ1n) is 9.82. The Morgan fingerprint density at radius 2 is 2.04 bits per heavy atom. The summed E-state index contributed by atoms with van der Waals surface area (Å²) < 4.78 is 8.29. The maximum Gasteiger partial charge on any atom is 0.315 e. The molecule has 0 spiro atoms. The first-order chi connectivity index (χ1) is 13.6. The summed E-state index contributed by atoms with van der Waals surface area (Å²) in [6.07, 6.45) is 6.41. The Bertz CT molecular complexity index is 980. The molecule has 1 aromatic carbocycles. The van der Waals surface area contributed by atoms with Gasteiger partial charge in [0.2, 0.25) is 0 Å². The number of nitrogens with zero attached hydrogens (tertiary/aromatic N) is 3. The predicted octanol–water partition coefficient (Wildman–Crippen LogP) is 4.01. The summed E-state index contributed by atoms with van der Waals surface area (Å²) in [5.74, 6) is 0.859. The number of ether oxygens (including phenoxy) is 1. The van der Waals surface area contributed by atoms with Crippen molar-refractivity contribution in [2.24, 2.45) is 5.73 Å². The Balaban J connectivity index is 1.48. The lowest BCUT2D eigenvalue weighted by atomic mass is 9.97. The van der Waals surface area contributed by atoms with E-state index in [0.29, 0.717) is 6.54 Å². The van der Waals surface area contributed by atoms with E-state index in [-0.39, 0.29) is 18.2 Å². The minimum absolute atomic E-state index is 0.107. The number of imidazole rings is 1. The summed E-state index contributed by atoms with van der Waals surface area (Å²) in [6.45, 7) is 4.84. The van der Waals surface area contributed by atoms with Crippen LogP contribution in [0.5, 0.6) is 5.75 Å². The number of amides is 2. The van der Waals surface area contributed by atoms with Crippen molar-refractivity contribution in [2.75, 3.05) is 6.54 Å². The van der Waals surface area contributed by atoms with Gasteiger partial charge in [0.1, 0.15) is 17.5 Å². The van der Waals surface area contributed by atoms with Gasteiger partial charge >= 0.3 is 6.03 Å². The lowest BCUT2D eigenvalue weighted by Crippen LogP contribution is -2.50. The second-order valence-electron chi connectivity index (χ2n) is 7.37. The molecule has 6 nitrogen and oxygen atoms in total. The monoisotopic (exact) mass is 378 g/mol. The molecule has 0 bridgehead atoms. The molecule has 1 aliphatic rings. The molecule has 1 saturated heterocycles. The maximum atomic E-state index is 11.6. The predicted molar refractivity (Wildman–Crippen MR) is 109 cm³/mol. The molecule has 2 N–H and O–H groups in total. The lowest BCUT2D eigenvalue weighted by molar-refractivity contribution is 0.0752. The Hall–Kier alpha value is -3.02. The highest BCUT2D eigenvalue weighted by Gasteiger charge is 2.30. The van der Waals surface area contributed by atoms with Crippen molar-refractivity contribution in [3.8, 4) is 16.9 Å². The third kappa shape index (κ3) is 3.42. The Morgan fingerprint density at radius 1 is 1.25 bits per heavy atom. The fourth-order valence-electron chi connectivity index (χ4n) is 4.14. The largest absolute Gasteiger partial charge is 0.490 e. The van der Waals surface area contributed by atoms with Gasteiger partial charge in [0.25, 0.3) is 0 Å². The van der Waals surface area contributed by atoms with E-state index in [9.17, 15) is 4.79 Å². The van der Waals surface area contributed by atoms with Gasteiger partial charge in [-0.25, -0.2) is 9.78 Å². The van der Waals surface area contributed by atoms with Crippen LogP contribution < -0.4 is 10.5 Å². The normalized spacial score (nSPS) is 19.7. The van der Waals surface area contributed by atoms with Crippen LogP contribution in [0.4, 0.5) is 4.79 Å². The molecule has 146 valence electrons. The number of piperidine rings is 1. The van der Waals surface area contributed by atoms with E-state index in [2.05, 4.69) is 41.4 Å². The average Bonchev–Trinajstić information content (AvgIpc) is 3.18. The summed E-state index contributed by atoms with van der Waals surface area (Å²) in [7, 11) is 0. The van der Waals surface area contributed by atoms with Gasteiger partial charge in [0.15, 0.2) is 0 Å². The van der Waals surface area contributed by atoms with Crippen LogP contribution in [0.15, 0.2) is 48.8 Å². The molecule has 1 fully saturated rings. The Labute approximate surface area is 164 Å². The highest BCUT2D eigenvalue weighted by Crippen LogP contribution is 2.28. The van der Waals surface area contributed by atoms with E-state index in [4.69, 9.17) is 10.5 Å². The maximum absolute atomic E-state index is 11.6. The van der Waals surface area contributed by atoms with E-state index >= 15 is 0 Å². The van der Waals surface area contributed by atoms with Gasteiger partial charge in [-0.05, 0) is 43.2 Å². The number of primary amides is 1. The molecule has 4 rings (SSSR count). The number of rotatable bonds is 4. The van der Waals surface area contributed by atoms with Gasteiger partial charge in [-0.15, -0.1) is 0 Å². The molecule has 2 aromatic heterocycles. The van der Waals surface area contributed by atoms with Crippen molar-refractivity contribution in [2.45, 2.75) is 45.3 Å². The molecule has 0 saturated carbocycles. The summed E-state index contributed by atoms with van der Waals surface area (Å²) in [5, 5.41) is 0. The number of aryl methyl sites for hydroxylation is 1. The Kier molecular flexibility index (Phi) is 4.94.